The van der Waals surface area contributed by atoms with Crippen LogP contribution in [0.4, 0.5) is 5.69 Å². The van der Waals surface area contributed by atoms with Crippen molar-refractivity contribution in [2.24, 2.45) is 5.92 Å². The highest BCUT2D eigenvalue weighted by Crippen LogP contribution is 2.26. The summed E-state index contributed by atoms with van der Waals surface area (Å²) >= 11 is 1.19. The lowest BCUT2D eigenvalue weighted by Crippen LogP contribution is -2.28. The summed E-state index contributed by atoms with van der Waals surface area (Å²) < 4.78 is 9.92. The SMILES string of the molecule is COC(=O)c1sccc1NC(=O)C1CC(=O)N(Cc2ccco2)C1. The Kier molecular flexibility index (Phi) is 4.66. The third kappa shape index (κ3) is 3.33. The Morgan fingerprint density at radius 3 is 3.00 bits per heavy atom. The van der Waals surface area contributed by atoms with Crippen LogP contribution < -0.4 is 5.32 Å². The molecule has 0 aromatic carbocycles. The number of rotatable bonds is 5. The van der Waals surface area contributed by atoms with Crippen molar-refractivity contribution >= 4 is 34.8 Å². The molecule has 8 heteroatoms. The van der Waals surface area contributed by atoms with Crippen LogP contribution in [-0.4, -0.2) is 36.3 Å². The number of likely N-dealkylation sites (tertiary alicyclic amines) is 1. The number of hydrogen-bond donors (Lipinski definition) is 1. The second-order valence-electron chi connectivity index (χ2n) is 5.40. The number of esters is 1. The van der Waals surface area contributed by atoms with E-state index >= 15 is 0 Å². The van der Waals surface area contributed by atoms with Crippen molar-refractivity contribution in [3.63, 3.8) is 0 Å². The van der Waals surface area contributed by atoms with E-state index in [1.165, 1.54) is 18.4 Å². The Hall–Kier alpha value is -2.61. The minimum absolute atomic E-state index is 0.0925. The molecule has 1 aliphatic heterocycles. The fraction of sp³-hybridized carbons (Fsp3) is 0.312. The summed E-state index contributed by atoms with van der Waals surface area (Å²) in [6.07, 6.45) is 1.69. The average molecular weight is 348 g/mol. The van der Waals surface area contributed by atoms with Crippen molar-refractivity contribution in [1.29, 1.82) is 0 Å². The zero-order valence-corrected chi connectivity index (χ0v) is 13.8. The van der Waals surface area contributed by atoms with E-state index in [4.69, 9.17) is 4.42 Å². The molecule has 1 fully saturated rings. The standard InChI is InChI=1S/C16H16N2O5S/c1-22-16(21)14-12(4-6-24-14)17-15(20)10-7-13(19)18(8-10)9-11-3-2-5-23-11/h2-6,10H,7-9H2,1H3,(H,17,20). The third-order valence-electron chi connectivity index (χ3n) is 3.81. The third-order valence-corrected chi connectivity index (χ3v) is 4.70. The van der Waals surface area contributed by atoms with E-state index in [9.17, 15) is 14.4 Å². The maximum Gasteiger partial charge on any atom is 0.350 e. The number of carbonyl (C=O) groups excluding carboxylic acids is 3. The first-order valence-corrected chi connectivity index (χ1v) is 8.23. The molecule has 126 valence electrons. The van der Waals surface area contributed by atoms with Crippen LogP contribution in [-0.2, 0) is 20.9 Å². The highest BCUT2D eigenvalue weighted by Gasteiger charge is 2.35. The van der Waals surface area contributed by atoms with E-state index in [-0.39, 0.29) is 18.2 Å². The van der Waals surface area contributed by atoms with Crippen LogP contribution in [0, 0.1) is 5.92 Å². The molecule has 0 bridgehead atoms. The van der Waals surface area contributed by atoms with E-state index < -0.39 is 11.9 Å². The number of carbonyl (C=O) groups is 3. The van der Waals surface area contributed by atoms with Gasteiger partial charge in [0.25, 0.3) is 0 Å². The van der Waals surface area contributed by atoms with Crippen LogP contribution in [0.1, 0.15) is 21.9 Å². The fourth-order valence-electron chi connectivity index (χ4n) is 2.58. The zero-order chi connectivity index (χ0) is 17.1. The molecule has 1 aliphatic rings. The summed E-state index contributed by atoms with van der Waals surface area (Å²) in [7, 11) is 1.29. The van der Waals surface area contributed by atoms with E-state index in [1.807, 2.05) is 0 Å². The molecule has 3 heterocycles. The molecule has 2 aromatic rings. The Bertz CT molecular complexity index is 752. The molecule has 1 saturated heterocycles. The van der Waals surface area contributed by atoms with Crippen LogP contribution in [0.5, 0.6) is 0 Å². The van der Waals surface area contributed by atoms with E-state index in [0.717, 1.165) is 0 Å². The number of amides is 2. The number of ether oxygens (including phenoxy) is 1. The molecular weight excluding hydrogens is 332 g/mol. The number of nitrogens with one attached hydrogen (secondary N) is 1. The van der Waals surface area contributed by atoms with Crippen molar-refractivity contribution in [2.75, 3.05) is 19.0 Å². The molecule has 7 nitrogen and oxygen atoms in total. The van der Waals surface area contributed by atoms with E-state index in [0.29, 0.717) is 29.4 Å². The van der Waals surface area contributed by atoms with Crippen LogP contribution in [0.25, 0.3) is 0 Å². The van der Waals surface area contributed by atoms with Gasteiger partial charge in [-0.2, -0.15) is 0 Å². The number of nitrogens with zero attached hydrogens (tertiary/aromatic N) is 1. The van der Waals surface area contributed by atoms with E-state index in [2.05, 4.69) is 10.1 Å². The monoisotopic (exact) mass is 348 g/mol. The average Bonchev–Trinajstić information content (AvgIpc) is 3.29. The first kappa shape index (κ1) is 16.3. The van der Waals surface area contributed by atoms with Gasteiger partial charge in [0.2, 0.25) is 11.8 Å². The fourth-order valence-corrected chi connectivity index (χ4v) is 3.35. The zero-order valence-electron chi connectivity index (χ0n) is 13.0. The van der Waals surface area contributed by atoms with Crippen LogP contribution in [0.3, 0.4) is 0 Å². The van der Waals surface area contributed by atoms with Crippen molar-refractivity contribution < 1.29 is 23.5 Å². The molecular formula is C16H16N2O5S. The van der Waals surface area contributed by atoms with Crippen LogP contribution in [0.15, 0.2) is 34.3 Å². The molecule has 24 heavy (non-hydrogen) atoms. The summed E-state index contributed by atoms with van der Waals surface area (Å²) in [5.41, 5.74) is 0.411. The highest BCUT2D eigenvalue weighted by atomic mass is 32.1. The van der Waals surface area contributed by atoms with Gasteiger partial charge in [-0.25, -0.2) is 4.79 Å². The van der Waals surface area contributed by atoms with Gasteiger partial charge in [-0.3, -0.25) is 9.59 Å². The lowest BCUT2D eigenvalue weighted by atomic mass is 10.1. The van der Waals surface area contributed by atoms with Gasteiger partial charge in [0.05, 0.1) is 31.5 Å². The molecule has 0 saturated carbocycles. The first-order chi connectivity index (χ1) is 11.6. The number of methoxy groups -OCH3 is 1. The molecule has 0 aliphatic carbocycles. The molecule has 3 rings (SSSR count). The predicted octanol–water partition coefficient (Wildman–Crippen LogP) is 2.11. The molecule has 1 atom stereocenters. The molecule has 2 aromatic heterocycles. The smallest absolute Gasteiger partial charge is 0.350 e. The first-order valence-electron chi connectivity index (χ1n) is 7.35. The second-order valence-corrected chi connectivity index (χ2v) is 6.32. The summed E-state index contributed by atoms with van der Waals surface area (Å²) in [5.74, 6) is -0.658. The lowest BCUT2D eigenvalue weighted by molar-refractivity contribution is -0.128. The Balaban J connectivity index is 1.63. The number of anilines is 1. The largest absolute Gasteiger partial charge is 0.467 e. The van der Waals surface area contributed by atoms with Crippen molar-refractivity contribution in [3.05, 3.63) is 40.5 Å². The van der Waals surface area contributed by atoms with Crippen molar-refractivity contribution in [3.8, 4) is 0 Å². The predicted molar refractivity (Wildman–Crippen MR) is 86.5 cm³/mol. The summed E-state index contributed by atoms with van der Waals surface area (Å²) in [4.78, 5) is 38.1. The lowest BCUT2D eigenvalue weighted by Gasteiger charge is -2.15. The maximum atomic E-state index is 12.4. The van der Waals surface area contributed by atoms with Gasteiger partial charge >= 0.3 is 5.97 Å². The summed E-state index contributed by atoms with van der Waals surface area (Å²) in [5, 5.41) is 4.42. The van der Waals surface area contributed by atoms with Crippen LogP contribution >= 0.6 is 11.3 Å². The molecule has 1 unspecified atom stereocenters. The summed E-state index contributed by atoms with van der Waals surface area (Å²) in [6, 6.07) is 5.19. The number of furan rings is 1. The van der Waals surface area contributed by atoms with Crippen molar-refractivity contribution in [2.45, 2.75) is 13.0 Å². The van der Waals surface area contributed by atoms with Gasteiger partial charge < -0.3 is 19.4 Å². The van der Waals surface area contributed by atoms with Gasteiger partial charge in [-0.05, 0) is 23.6 Å². The van der Waals surface area contributed by atoms with Gasteiger partial charge in [-0.15, -0.1) is 11.3 Å². The van der Waals surface area contributed by atoms with Crippen molar-refractivity contribution in [1.82, 2.24) is 4.90 Å². The topological polar surface area (TPSA) is 88.8 Å². The van der Waals surface area contributed by atoms with E-state index in [1.54, 1.807) is 34.7 Å². The number of thiophene rings is 1. The molecule has 1 N–H and O–H groups in total. The minimum atomic E-state index is -0.498. The highest BCUT2D eigenvalue weighted by molar-refractivity contribution is 7.12. The summed E-state index contributed by atoms with van der Waals surface area (Å²) in [6.45, 7) is 0.671. The quantitative estimate of drug-likeness (QED) is 0.836. The van der Waals surface area contributed by atoms with Crippen LogP contribution in [0.2, 0.25) is 0 Å². The van der Waals surface area contributed by atoms with Gasteiger partial charge in [-0.1, -0.05) is 0 Å². The molecule has 2 amide bonds. The molecule has 0 radical (unpaired) electrons. The normalized spacial score (nSPS) is 17.1. The minimum Gasteiger partial charge on any atom is -0.467 e. The Morgan fingerprint density at radius 2 is 2.29 bits per heavy atom. The Labute approximate surface area is 142 Å². The van der Waals surface area contributed by atoms with Gasteiger partial charge in [0.1, 0.15) is 10.6 Å². The van der Waals surface area contributed by atoms with Gasteiger partial charge in [0, 0.05) is 13.0 Å². The molecule has 0 spiro atoms. The van der Waals surface area contributed by atoms with Gasteiger partial charge in [0.15, 0.2) is 0 Å². The maximum absolute atomic E-state index is 12.4. The second kappa shape index (κ2) is 6.88. The number of hydrogen-bond acceptors (Lipinski definition) is 6. The Morgan fingerprint density at radius 1 is 1.46 bits per heavy atom.